The maximum absolute atomic E-state index is 12.0. The lowest BCUT2D eigenvalue weighted by Gasteiger charge is -2.06. The number of aromatic nitrogens is 3. The Bertz CT molecular complexity index is 1040. The molecule has 1 heterocycles. The highest BCUT2D eigenvalue weighted by atomic mass is 79.9. The molecule has 0 radical (unpaired) electrons. The van der Waals surface area contributed by atoms with Crippen molar-refractivity contribution in [3.63, 3.8) is 0 Å². The third-order valence-electron chi connectivity index (χ3n) is 3.53. The van der Waals surface area contributed by atoms with Crippen LogP contribution in [0.1, 0.15) is 16.8 Å². The molecule has 132 valence electrons. The van der Waals surface area contributed by atoms with Gasteiger partial charge < -0.3 is 4.74 Å². The van der Waals surface area contributed by atoms with Gasteiger partial charge in [-0.1, -0.05) is 28.1 Å². The molecule has 0 fully saturated rings. The summed E-state index contributed by atoms with van der Waals surface area (Å²) in [5, 5.41) is 10.5. The SMILES string of the molecule is Cc1n[nH]c(=S)n(/N=C/c2ccc(OCc3ccc(Br)cc3)cc2)c1=O. The number of rotatable bonds is 5. The zero-order valence-electron chi connectivity index (χ0n) is 13.8. The van der Waals surface area contributed by atoms with Gasteiger partial charge in [0, 0.05) is 4.47 Å². The number of halogens is 1. The molecule has 0 amide bonds. The third kappa shape index (κ3) is 4.53. The van der Waals surface area contributed by atoms with Gasteiger partial charge in [-0.05, 0) is 66.7 Å². The second-order valence-corrected chi connectivity index (χ2v) is 6.76. The van der Waals surface area contributed by atoms with Crippen molar-refractivity contribution >= 4 is 34.4 Å². The molecule has 0 atom stereocenters. The van der Waals surface area contributed by atoms with Crippen LogP contribution in [0.4, 0.5) is 0 Å². The molecular weight excluding hydrogens is 416 g/mol. The van der Waals surface area contributed by atoms with E-state index in [1.807, 2.05) is 48.5 Å². The molecule has 0 saturated heterocycles. The standard InChI is InChI=1S/C18H15BrN4O2S/c1-12-17(24)23(18(26)22-21-12)20-10-13-4-8-16(9-5-13)25-11-14-2-6-15(19)7-3-14/h2-10H,11H2,1H3,(H,22,26)/b20-10+. The first kappa shape index (κ1) is 18.2. The highest BCUT2D eigenvalue weighted by molar-refractivity contribution is 9.10. The molecule has 3 rings (SSSR count). The number of aromatic amines is 1. The van der Waals surface area contributed by atoms with Crippen molar-refractivity contribution in [3.8, 4) is 5.75 Å². The molecule has 3 aromatic rings. The van der Waals surface area contributed by atoms with Gasteiger partial charge in [-0.2, -0.15) is 14.9 Å². The van der Waals surface area contributed by atoms with Crippen molar-refractivity contribution in [2.75, 3.05) is 0 Å². The number of nitrogens with zero attached hydrogens (tertiary/aromatic N) is 3. The molecule has 0 aliphatic carbocycles. The fraction of sp³-hybridized carbons (Fsp3) is 0.111. The van der Waals surface area contributed by atoms with Gasteiger partial charge in [-0.3, -0.25) is 9.89 Å². The Labute approximate surface area is 163 Å². The summed E-state index contributed by atoms with van der Waals surface area (Å²) in [6, 6.07) is 15.4. The number of hydrogen-bond acceptors (Lipinski definition) is 5. The Kier molecular flexibility index (Phi) is 5.75. The number of aryl methyl sites for hydroxylation is 1. The second kappa shape index (κ2) is 8.20. The molecule has 0 aliphatic heterocycles. The number of benzene rings is 2. The van der Waals surface area contributed by atoms with Gasteiger partial charge in [-0.25, -0.2) is 0 Å². The van der Waals surface area contributed by atoms with E-state index in [-0.39, 0.29) is 10.3 Å². The maximum Gasteiger partial charge on any atom is 0.296 e. The highest BCUT2D eigenvalue weighted by Crippen LogP contribution is 2.15. The van der Waals surface area contributed by atoms with Crippen molar-refractivity contribution in [3.05, 3.63) is 84.9 Å². The van der Waals surface area contributed by atoms with Gasteiger partial charge in [0.15, 0.2) is 0 Å². The molecule has 0 unspecified atom stereocenters. The van der Waals surface area contributed by atoms with E-state index in [1.54, 1.807) is 13.1 Å². The fourth-order valence-electron chi connectivity index (χ4n) is 2.10. The largest absolute Gasteiger partial charge is 0.489 e. The molecule has 26 heavy (non-hydrogen) atoms. The number of ether oxygens (including phenoxy) is 1. The van der Waals surface area contributed by atoms with Crippen LogP contribution in [-0.4, -0.2) is 21.1 Å². The van der Waals surface area contributed by atoms with Gasteiger partial charge >= 0.3 is 0 Å². The van der Waals surface area contributed by atoms with Gasteiger partial charge in [0.05, 0.1) is 6.21 Å². The lowest BCUT2D eigenvalue weighted by Crippen LogP contribution is -2.22. The molecule has 8 heteroatoms. The normalized spacial score (nSPS) is 11.0. The maximum atomic E-state index is 12.0. The van der Waals surface area contributed by atoms with E-state index in [4.69, 9.17) is 17.0 Å². The van der Waals surface area contributed by atoms with Crippen LogP contribution in [0.15, 0.2) is 62.9 Å². The van der Waals surface area contributed by atoms with Crippen LogP contribution < -0.4 is 10.3 Å². The minimum atomic E-state index is -0.348. The molecule has 0 spiro atoms. The van der Waals surface area contributed by atoms with E-state index in [1.165, 1.54) is 0 Å². The summed E-state index contributed by atoms with van der Waals surface area (Å²) >= 11 is 8.44. The zero-order valence-corrected chi connectivity index (χ0v) is 16.3. The van der Waals surface area contributed by atoms with E-state index in [9.17, 15) is 4.79 Å². The van der Waals surface area contributed by atoms with Crippen molar-refractivity contribution < 1.29 is 4.74 Å². The molecule has 1 aromatic heterocycles. The van der Waals surface area contributed by atoms with Gasteiger partial charge in [0.2, 0.25) is 4.77 Å². The topological polar surface area (TPSA) is 72.3 Å². The van der Waals surface area contributed by atoms with E-state index in [0.717, 1.165) is 26.0 Å². The van der Waals surface area contributed by atoms with Crippen LogP contribution in [0.25, 0.3) is 0 Å². The highest BCUT2D eigenvalue weighted by Gasteiger charge is 2.01. The zero-order chi connectivity index (χ0) is 18.5. The molecule has 0 bridgehead atoms. The Morgan fingerprint density at radius 3 is 2.62 bits per heavy atom. The van der Waals surface area contributed by atoms with E-state index in [2.05, 4.69) is 31.2 Å². The molecule has 1 N–H and O–H groups in total. The fourth-order valence-corrected chi connectivity index (χ4v) is 2.54. The molecular formula is C18H15BrN4O2S. The predicted octanol–water partition coefficient (Wildman–Crippen LogP) is 3.83. The predicted molar refractivity (Wildman–Crippen MR) is 106 cm³/mol. The van der Waals surface area contributed by atoms with Gasteiger partial charge in [0.1, 0.15) is 18.1 Å². The summed E-state index contributed by atoms with van der Waals surface area (Å²) in [7, 11) is 0. The van der Waals surface area contributed by atoms with Gasteiger partial charge in [0.25, 0.3) is 5.56 Å². The van der Waals surface area contributed by atoms with Crippen LogP contribution >= 0.6 is 28.1 Å². The Morgan fingerprint density at radius 1 is 1.23 bits per heavy atom. The van der Waals surface area contributed by atoms with Gasteiger partial charge in [-0.15, -0.1) is 0 Å². The smallest absolute Gasteiger partial charge is 0.296 e. The summed E-state index contributed by atoms with van der Waals surface area (Å²) in [6.45, 7) is 2.08. The first-order valence-corrected chi connectivity index (χ1v) is 8.93. The van der Waals surface area contributed by atoms with Crippen molar-refractivity contribution in [2.45, 2.75) is 13.5 Å². The first-order chi connectivity index (χ1) is 12.5. The summed E-state index contributed by atoms with van der Waals surface area (Å²) < 4.78 is 8.05. The lowest BCUT2D eigenvalue weighted by molar-refractivity contribution is 0.306. The number of H-pyrrole nitrogens is 1. The Balaban J connectivity index is 1.68. The lowest BCUT2D eigenvalue weighted by atomic mass is 10.2. The average Bonchev–Trinajstić information content (AvgIpc) is 2.65. The van der Waals surface area contributed by atoms with E-state index < -0.39 is 0 Å². The number of hydrogen-bond donors (Lipinski definition) is 1. The van der Waals surface area contributed by atoms with Crippen LogP contribution in [0.2, 0.25) is 0 Å². The summed E-state index contributed by atoms with van der Waals surface area (Å²) in [4.78, 5) is 12.0. The molecule has 0 aliphatic rings. The van der Waals surface area contributed by atoms with Crippen molar-refractivity contribution in [2.24, 2.45) is 5.10 Å². The second-order valence-electron chi connectivity index (χ2n) is 5.46. The van der Waals surface area contributed by atoms with E-state index in [0.29, 0.717) is 12.3 Å². The molecule has 2 aromatic carbocycles. The Hall–Kier alpha value is -2.58. The summed E-state index contributed by atoms with van der Waals surface area (Å²) in [5.74, 6) is 0.749. The molecule has 0 saturated carbocycles. The van der Waals surface area contributed by atoms with Crippen molar-refractivity contribution in [1.82, 2.24) is 14.9 Å². The minimum absolute atomic E-state index is 0.145. The van der Waals surface area contributed by atoms with Crippen molar-refractivity contribution in [1.29, 1.82) is 0 Å². The van der Waals surface area contributed by atoms with Crippen LogP contribution in [0.3, 0.4) is 0 Å². The average molecular weight is 431 g/mol. The summed E-state index contributed by atoms with van der Waals surface area (Å²) in [6.07, 6.45) is 1.56. The first-order valence-electron chi connectivity index (χ1n) is 7.73. The monoisotopic (exact) mass is 430 g/mol. The molecule has 6 nitrogen and oxygen atoms in total. The van der Waals surface area contributed by atoms with Crippen LogP contribution in [-0.2, 0) is 6.61 Å². The van der Waals surface area contributed by atoms with Crippen LogP contribution in [0.5, 0.6) is 5.75 Å². The quantitative estimate of drug-likeness (QED) is 0.492. The Morgan fingerprint density at radius 2 is 1.92 bits per heavy atom. The third-order valence-corrected chi connectivity index (χ3v) is 4.33. The van der Waals surface area contributed by atoms with Crippen LogP contribution in [0, 0.1) is 11.7 Å². The van der Waals surface area contributed by atoms with E-state index >= 15 is 0 Å². The summed E-state index contributed by atoms with van der Waals surface area (Å²) in [5.41, 5.74) is 1.85. The number of nitrogens with one attached hydrogen (secondary N) is 1. The minimum Gasteiger partial charge on any atom is -0.489 e.